The van der Waals surface area contributed by atoms with Crippen LogP contribution in [0.5, 0.6) is 0 Å². The van der Waals surface area contributed by atoms with Gasteiger partial charge in [-0.15, -0.1) is 0 Å². The van der Waals surface area contributed by atoms with Gasteiger partial charge >= 0.3 is 0 Å². The first-order valence-electron chi connectivity index (χ1n) is 5.95. The van der Waals surface area contributed by atoms with Gasteiger partial charge in [0.15, 0.2) is 0 Å². The predicted octanol–water partition coefficient (Wildman–Crippen LogP) is 1.58. The lowest BCUT2D eigenvalue weighted by atomic mass is 9.90. The first-order valence-corrected chi connectivity index (χ1v) is 5.95. The smallest absolute Gasteiger partial charge is 0.209 e. The molecule has 0 atom stereocenters. The number of allylic oxidation sites excluding steroid dienone is 2. The van der Waals surface area contributed by atoms with E-state index in [1.807, 2.05) is 18.0 Å². The minimum atomic E-state index is 0.706. The van der Waals surface area contributed by atoms with Gasteiger partial charge in [0.05, 0.1) is 0 Å². The summed E-state index contributed by atoms with van der Waals surface area (Å²) in [6, 6.07) is 0. The third-order valence-electron chi connectivity index (χ3n) is 3.15. The van der Waals surface area contributed by atoms with E-state index >= 15 is 0 Å². The molecule has 0 bridgehead atoms. The second-order valence-corrected chi connectivity index (χ2v) is 4.33. The van der Waals surface area contributed by atoms with Crippen LogP contribution in [0.3, 0.4) is 0 Å². The minimum Gasteiger partial charge on any atom is -0.345 e. The molecule has 1 aliphatic rings. The summed E-state index contributed by atoms with van der Waals surface area (Å²) in [5, 5.41) is 3.11. The Bertz CT molecular complexity index is 253. The molecule has 3 nitrogen and oxygen atoms in total. The van der Waals surface area contributed by atoms with Gasteiger partial charge in [-0.3, -0.25) is 4.79 Å². The van der Waals surface area contributed by atoms with Crippen LogP contribution in [0.2, 0.25) is 0 Å². The molecule has 1 saturated heterocycles. The van der Waals surface area contributed by atoms with Crippen LogP contribution in [0.1, 0.15) is 19.3 Å². The zero-order valence-electron chi connectivity index (χ0n) is 10.1. The van der Waals surface area contributed by atoms with Gasteiger partial charge in [-0.1, -0.05) is 24.3 Å². The molecule has 1 rings (SSSR count). The quantitative estimate of drug-likeness (QED) is 0.546. The molecule has 0 aromatic heterocycles. The Morgan fingerprint density at radius 3 is 2.69 bits per heavy atom. The molecule has 90 valence electrons. The van der Waals surface area contributed by atoms with Crippen molar-refractivity contribution in [1.29, 1.82) is 0 Å². The molecule has 1 fully saturated rings. The fraction of sp³-hybridized carbons (Fsp3) is 0.615. The molecule has 0 saturated carbocycles. The van der Waals surface area contributed by atoms with Crippen LogP contribution in [-0.2, 0) is 4.79 Å². The Morgan fingerprint density at radius 2 is 2.19 bits per heavy atom. The summed E-state index contributed by atoms with van der Waals surface area (Å²) >= 11 is 0. The van der Waals surface area contributed by atoms with Gasteiger partial charge in [-0.25, -0.2) is 0 Å². The van der Waals surface area contributed by atoms with Crippen molar-refractivity contribution in [1.82, 2.24) is 10.2 Å². The monoisotopic (exact) mass is 222 g/mol. The molecular weight excluding hydrogens is 200 g/mol. The maximum Gasteiger partial charge on any atom is 0.209 e. The Morgan fingerprint density at radius 1 is 1.50 bits per heavy atom. The van der Waals surface area contributed by atoms with Crippen molar-refractivity contribution in [2.75, 3.05) is 26.7 Å². The largest absolute Gasteiger partial charge is 0.345 e. The van der Waals surface area contributed by atoms with E-state index in [1.54, 1.807) is 0 Å². The van der Waals surface area contributed by atoms with E-state index in [9.17, 15) is 4.79 Å². The number of hydrogen-bond donors (Lipinski definition) is 1. The molecule has 1 amide bonds. The van der Waals surface area contributed by atoms with Crippen LogP contribution in [-0.4, -0.2) is 38.0 Å². The van der Waals surface area contributed by atoms with Gasteiger partial charge < -0.3 is 10.2 Å². The number of nitrogens with one attached hydrogen (secondary N) is 1. The average Bonchev–Trinajstić information content (AvgIpc) is 2.35. The number of carbonyl (C=O) groups excluding carboxylic acids is 1. The van der Waals surface area contributed by atoms with E-state index in [0.29, 0.717) is 5.92 Å². The fourth-order valence-electron chi connectivity index (χ4n) is 2.08. The van der Waals surface area contributed by atoms with E-state index in [-0.39, 0.29) is 0 Å². The van der Waals surface area contributed by atoms with Gasteiger partial charge in [-0.2, -0.15) is 0 Å². The summed E-state index contributed by atoms with van der Waals surface area (Å²) < 4.78 is 0. The highest BCUT2D eigenvalue weighted by Crippen LogP contribution is 2.23. The summed E-state index contributed by atoms with van der Waals surface area (Å²) in [5.74, 6) is 0.706. The maximum atomic E-state index is 10.6. The van der Waals surface area contributed by atoms with Crippen LogP contribution >= 0.6 is 0 Å². The van der Waals surface area contributed by atoms with Gasteiger partial charge in [-0.05, 0) is 32.2 Å². The normalized spacial score (nSPS) is 18.6. The topological polar surface area (TPSA) is 32.3 Å². The van der Waals surface area contributed by atoms with Crippen LogP contribution < -0.4 is 5.32 Å². The Balaban J connectivity index is 2.36. The number of likely N-dealkylation sites (tertiary alicyclic amines) is 1. The zero-order chi connectivity index (χ0) is 11.8. The van der Waals surface area contributed by atoms with Crippen molar-refractivity contribution in [3.63, 3.8) is 0 Å². The van der Waals surface area contributed by atoms with Crippen LogP contribution in [0.4, 0.5) is 0 Å². The second kappa shape index (κ2) is 7.23. The lowest BCUT2D eigenvalue weighted by Crippen LogP contribution is -2.32. The second-order valence-electron chi connectivity index (χ2n) is 4.33. The average molecular weight is 222 g/mol. The Kier molecular flexibility index (Phi) is 5.86. The van der Waals surface area contributed by atoms with E-state index < -0.39 is 0 Å². The summed E-state index contributed by atoms with van der Waals surface area (Å²) in [6.07, 6.45) is 8.43. The molecule has 0 spiro atoms. The lowest BCUT2D eigenvalue weighted by Gasteiger charge is -2.29. The molecule has 3 heteroatoms. The van der Waals surface area contributed by atoms with Crippen molar-refractivity contribution in [3.8, 4) is 0 Å². The highest BCUT2D eigenvalue weighted by Gasteiger charge is 2.18. The molecule has 0 aromatic rings. The van der Waals surface area contributed by atoms with Crippen LogP contribution in [0.15, 0.2) is 24.3 Å². The van der Waals surface area contributed by atoms with Crippen molar-refractivity contribution >= 4 is 6.41 Å². The first kappa shape index (κ1) is 13.0. The predicted molar refractivity (Wildman–Crippen MR) is 67.2 cm³/mol. The summed E-state index contributed by atoms with van der Waals surface area (Å²) in [5.41, 5.74) is 1.32. The number of nitrogens with zero attached hydrogens (tertiary/aromatic N) is 1. The molecule has 0 aromatic carbocycles. The van der Waals surface area contributed by atoms with E-state index in [0.717, 1.165) is 45.3 Å². The first-order chi connectivity index (χ1) is 7.80. The summed E-state index contributed by atoms with van der Waals surface area (Å²) in [4.78, 5) is 12.4. The van der Waals surface area contributed by atoms with Crippen molar-refractivity contribution in [3.05, 3.63) is 24.3 Å². The molecule has 1 N–H and O–H groups in total. The van der Waals surface area contributed by atoms with Gasteiger partial charge in [0.25, 0.3) is 0 Å². The maximum absolute atomic E-state index is 10.6. The standard InChI is InChI=1S/C13H22N2O/c1-3-12(4-7-14-2)10-13-5-8-15(11-16)9-6-13/h3-4,11,13-14H,1,5-10H2,2H3/b12-4+. The third kappa shape index (κ3) is 4.19. The number of hydrogen-bond acceptors (Lipinski definition) is 2. The van der Waals surface area contributed by atoms with E-state index in [1.165, 1.54) is 5.57 Å². The molecule has 0 aliphatic carbocycles. The highest BCUT2D eigenvalue weighted by molar-refractivity contribution is 5.47. The number of likely N-dealkylation sites (N-methyl/N-ethyl adjacent to an activating group) is 1. The number of rotatable bonds is 6. The highest BCUT2D eigenvalue weighted by atomic mass is 16.1. The van der Waals surface area contributed by atoms with Crippen LogP contribution in [0.25, 0.3) is 0 Å². The zero-order valence-corrected chi connectivity index (χ0v) is 10.1. The van der Waals surface area contributed by atoms with Gasteiger partial charge in [0, 0.05) is 19.6 Å². The molecule has 0 unspecified atom stereocenters. The van der Waals surface area contributed by atoms with E-state index in [2.05, 4.69) is 18.0 Å². The Labute approximate surface area is 98.2 Å². The fourth-order valence-corrected chi connectivity index (χ4v) is 2.08. The number of amides is 1. The molecule has 0 radical (unpaired) electrons. The lowest BCUT2D eigenvalue weighted by molar-refractivity contribution is -0.119. The SMILES string of the molecule is C=C/C(=C\CNC)CC1CCN(C=O)CC1. The molecule has 1 aliphatic heterocycles. The molecule has 16 heavy (non-hydrogen) atoms. The van der Waals surface area contributed by atoms with Gasteiger partial charge in [0.1, 0.15) is 0 Å². The summed E-state index contributed by atoms with van der Waals surface area (Å²) in [6.45, 7) is 6.56. The molecular formula is C13H22N2O. The van der Waals surface area contributed by atoms with Crippen molar-refractivity contribution < 1.29 is 4.79 Å². The van der Waals surface area contributed by atoms with Crippen molar-refractivity contribution in [2.45, 2.75) is 19.3 Å². The third-order valence-corrected chi connectivity index (χ3v) is 3.15. The van der Waals surface area contributed by atoms with Crippen molar-refractivity contribution in [2.24, 2.45) is 5.92 Å². The van der Waals surface area contributed by atoms with Gasteiger partial charge in [0.2, 0.25) is 6.41 Å². The van der Waals surface area contributed by atoms with E-state index in [4.69, 9.17) is 0 Å². The number of carbonyl (C=O) groups is 1. The summed E-state index contributed by atoms with van der Waals surface area (Å²) in [7, 11) is 1.94. The molecule has 1 heterocycles. The minimum absolute atomic E-state index is 0.706. The Hall–Kier alpha value is -1.09. The number of piperidine rings is 1. The van der Waals surface area contributed by atoms with Crippen LogP contribution in [0, 0.1) is 5.92 Å².